The van der Waals surface area contributed by atoms with Crippen molar-refractivity contribution in [3.8, 4) is 16.9 Å². The van der Waals surface area contributed by atoms with Gasteiger partial charge in [0.1, 0.15) is 5.75 Å². The second kappa shape index (κ2) is 17.6. The Hall–Kier alpha value is -4.79. The highest BCUT2D eigenvalue weighted by molar-refractivity contribution is 7.99. The van der Waals surface area contributed by atoms with Crippen LogP contribution in [0.1, 0.15) is 24.5 Å². The van der Waals surface area contributed by atoms with Crippen molar-refractivity contribution in [2.75, 3.05) is 50.4 Å². The summed E-state index contributed by atoms with van der Waals surface area (Å²) in [7, 11) is -4.57. The summed E-state index contributed by atoms with van der Waals surface area (Å²) in [5.74, 6) is -0.364. The molecule has 1 aliphatic heterocycles. The molecule has 6 rings (SSSR count). The number of anilines is 1. The number of piperazine rings is 1. The lowest BCUT2D eigenvalue weighted by Crippen LogP contribution is -2.45. The monoisotopic (exact) mass is 777 g/mol. The fourth-order valence-electron chi connectivity index (χ4n) is 6.41. The molecule has 0 bridgehead atoms. The van der Waals surface area contributed by atoms with E-state index in [9.17, 15) is 26.4 Å². The van der Waals surface area contributed by atoms with Crippen LogP contribution in [0, 0.1) is 5.92 Å². The summed E-state index contributed by atoms with van der Waals surface area (Å²) in [5, 5.41) is 2.77. The Labute approximate surface area is 318 Å². The van der Waals surface area contributed by atoms with Crippen LogP contribution in [0.25, 0.3) is 11.1 Å². The van der Waals surface area contributed by atoms with E-state index in [1.807, 2.05) is 78.5 Å². The number of ether oxygens (including phenoxy) is 1. The highest BCUT2D eigenvalue weighted by atomic mass is 32.2. The average Bonchev–Trinajstić information content (AvgIpc) is 3.17. The molecule has 2 N–H and O–H groups in total. The minimum atomic E-state index is -4.82. The molecule has 1 aromatic heterocycles. The molecule has 1 aliphatic carbocycles. The summed E-state index contributed by atoms with van der Waals surface area (Å²) in [6.45, 7) is 6.68. The number of pyridine rings is 1. The highest BCUT2D eigenvalue weighted by Crippen LogP contribution is 2.37. The van der Waals surface area contributed by atoms with Crippen molar-refractivity contribution >= 4 is 33.4 Å². The number of halogens is 3. The van der Waals surface area contributed by atoms with Crippen molar-refractivity contribution in [2.45, 2.75) is 35.9 Å². The number of aromatic nitrogens is 1. The van der Waals surface area contributed by atoms with Crippen molar-refractivity contribution in [1.82, 2.24) is 19.5 Å². The zero-order valence-corrected chi connectivity index (χ0v) is 31.4. The Balaban J connectivity index is 1.01. The topological polar surface area (TPSA) is 104 Å². The molecule has 1 saturated heterocycles. The third-order valence-electron chi connectivity index (χ3n) is 9.17. The molecule has 54 heavy (non-hydrogen) atoms. The molecular formula is C40H42F3N5O4S2. The van der Waals surface area contributed by atoms with Crippen LogP contribution in [0.5, 0.6) is 5.75 Å². The number of rotatable bonds is 14. The number of amides is 1. The van der Waals surface area contributed by atoms with Gasteiger partial charge in [-0.25, -0.2) is 13.1 Å². The number of sulfonamides is 1. The molecule has 3 aromatic carbocycles. The quantitative estimate of drug-likeness (QED) is 0.0999. The van der Waals surface area contributed by atoms with E-state index in [1.165, 1.54) is 17.3 Å². The Kier molecular flexibility index (Phi) is 12.7. The van der Waals surface area contributed by atoms with Crippen LogP contribution in [0.3, 0.4) is 0 Å². The molecule has 284 valence electrons. The van der Waals surface area contributed by atoms with Gasteiger partial charge in [-0.3, -0.25) is 14.7 Å². The van der Waals surface area contributed by atoms with Gasteiger partial charge in [-0.15, -0.1) is 11.8 Å². The van der Waals surface area contributed by atoms with E-state index in [1.54, 1.807) is 12.3 Å². The molecule has 2 heterocycles. The third kappa shape index (κ3) is 10.0. The van der Waals surface area contributed by atoms with Gasteiger partial charge in [0, 0.05) is 73.1 Å². The minimum Gasteiger partial charge on any atom is -0.492 e. The van der Waals surface area contributed by atoms with Gasteiger partial charge in [-0.1, -0.05) is 54.6 Å². The zero-order valence-electron chi connectivity index (χ0n) is 29.8. The molecule has 4 aromatic rings. The molecule has 0 radical (unpaired) electrons. The van der Waals surface area contributed by atoms with Gasteiger partial charge in [0.15, 0.2) is 0 Å². The summed E-state index contributed by atoms with van der Waals surface area (Å²) in [5.41, 5.74) is 2.89. The molecule has 0 saturated carbocycles. The molecule has 0 spiro atoms. The maximum Gasteiger partial charge on any atom is 0.418 e. The summed E-state index contributed by atoms with van der Waals surface area (Å²) in [6, 6.07) is 22.5. The van der Waals surface area contributed by atoms with E-state index in [0.29, 0.717) is 18.4 Å². The summed E-state index contributed by atoms with van der Waals surface area (Å²) < 4.78 is 75.9. The standard InChI is InChI=1S/C40H42F3N5O4S2/c1-2-52-33-24-31(26-44-27-33)36-11-7-6-8-30(36)28-47-19-21-48(22-20-47)32-14-12-29(13-15-32)39(49)46-54(50,51)35-16-17-38(37(25-35)40(41,42)43)45-18-23-53-34-9-4-3-5-10-34/h3-12,14-17,24-27,29,45H,2,13,18-23,28H2,1H3,(H,46,49). The van der Waals surface area contributed by atoms with Gasteiger partial charge in [-0.05, 0) is 66.9 Å². The van der Waals surface area contributed by atoms with Crippen LogP contribution < -0.4 is 14.8 Å². The number of alkyl halides is 3. The lowest BCUT2D eigenvalue weighted by atomic mass is 9.98. The van der Waals surface area contributed by atoms with Gasteiger partial charge in [-0.2, -0.15) is 13.2 Å². The smallest absolute Gasteiger partial charge is 0.418 e. The molecular weight excluding hydrogens is 736 g/mol. The van der Waals surface area contributed by atoms with Gasteiger partial charge < -0.3 is 15.0 Å². The molecule has 1 unspecified atom stereocenters. The van der Waals surface area contributed by atoms with Gasteiger partial charge >= 0.3 is 6.18 Å². The second-order valence-electron chi connectivity index (χ2n) is 12.9. The maximum atomic E-state index is 14.0. The molecule has 2 aliphatic rings. The molecule has 1 atom stereocenters. The number of thioether (sulfide) groups is 1. The van der Waals surface area contributed by atoms with Crippen molar-refractivity contribution in [2.24, 2.45) is 5.92 Å². The van der Waals surface area contributed by atoms with Crippen LogP contribution in [0.15, 0.2) is 125 Å². The highest BCUT2D eigenvalue weighted by Gasteiger charge is 2.35. The van der Waals surface area contributed by atoms with E-state index in [0.717, 1.165) is 72.3 Å². The second-order valence-corrected chi connectivity index (χ2v) is 15.7. The van der Waals surface area contributed by atoms with Crippen LogP contribution >= 0.6 is 11.8 Å². The van der Waals surface area contributed by atoms with Crippen molar-refractivity contribution in [1.29, 1.82) is 0 Å². The van der Waals surface area contributed by atoms with Crippen LogP contribution in [0.4, 0.5) is 18.9 Å². The third-order valence-corrected chi connectivity index (χ3v) is 11.5. The van der Waals surface area contributed by atoms with Crippen LogP contribution in [0.2, 0.25) is 0 Å². The number of carbonyl (C=O) groups excluding carboxylic acids is 1. The molecule has 9 nitrogen and oxygen atoms in total. The van der Waals surface area contributed by atoms with E-state index in [-0.39, 0.29) is 18.7 Å². The number of benzene rings is 3. The summed E-state index contributed by atoms with van der Waals surface area (Å²) in [6.07, 6.45) is 4.35. The zero-order chi connectivity index (χ0) is 38.1. The number of allylic oxidation sites excluding steroid dienone is 2. The first-order chi connectivity index (χ1) is 26.0. The van der Waals surface area contributed by atoms with Crippen LogP contribution in [-0.4, -0.2) is 74.2 Å². The maximum absolute atomic E-state index is 14.0. The van der Waals surface area contributed by atoms with Gasteiger partial charge in [0.2, 0.25) is 5.91 Å². The molecule has 1 amide bonds. The molecule has 1 fully saturated rings. The minimum absolute atomic E-state index is 0.225. The lowest BCUT2D eigenvalue weighted by Gasteiger charge is -2.37. The Morgan fingerprint density at radius 2 is 1.74 bits per heavy atom. The predicted molar refractivity (Wildman–Crippen MR) is 205 cm³/mol. The number of nitrogens with zero attached hydrogens (tertiary/aromatic N) is 3. The Morgan fingerprint density at radius 1 is 0.981 bits per heavy atom. The number of hydrogen-bond donors (Lipinski definition) is 2. The van der Waals surface area contributed by atoms with Crippen molar-refractivity contribution in [3.63, 3.8) is 0 Å². The SMILES string of the molecule is CCOc1cncc(-c2ccccc2CN2CCN(C3=CCC(C(=O)NS(=O)(=O)c4ccc(NCCSc5ccccc5)c(C(F)(F)F)c4)C=C3)CC2)c1. The van der Waals surface area contributed by atoms with Crippen molar-refractivity contribution < 1.29 is 31.1 Å². The fraction of sp³-hybridized carbons (Fsp3) is 0.300. The Bertz CT molecular complexity index is 2090. The molecule has 14 heteroatoms. The van der Waals surface area contributed by atoms with Gasteiger partial charge in [0.25, 0.3) is 10.0 Å². The van der Waals surface area contributed by atoms with E-state index in [2.05, 4.69) is 32.2 Å². The van der Waals surface area contributed by atoms with Crippen molar-refractivity contribution in [3.05, 3.63) is 126 Å². The van der Waals surface area contributed by atoms with E-state index in [4.69, 9.17) is 4.74 Å². The first-order valence-corrected chi connectivity index (χ1v) is 20.2. The van der Waals surface area contributed by atoms with E-state index >= 15 is 0 Å². The Morgan fingerprint density at radius 3 is 2.46 bits per heavy atom. The van der Waals surface area contributed by atoms with E-state index < -0.39 is 38.5 Å². The normalized spacial score (nSPS) is 16.5. The number of hydrogen-bond acceptors (Lipinski definition) is 9. The number of nitrogens with one attached hydrogen (secondary N) is 2. The predicted octanol–water partition coefficient (Wildman–Crippen LogP) is 7.45. The number of carbonyl (C=O) groups is 1. The fourth-order valence-corrected chi connectivity index (χ4v) is 8.26. The lowest BCUT2D eigenvalue weighted by molar-refractivity contribution is -0.137. The first-order valence-electron chi connectivity index (χ1n) is 17.7. The van der Waals surface area contributed by atoms with Crippen LogP contribution in [-0.2, 0) is 27.5 Å². The largest absolute Gasteiger partial charge is 0.492 e. The average molecular weight is 778 g/mol. The first kappa shape index (κ1) is 38.9. The summed E-state index contributed by atoms with van der Waals surface area (Å²) in [4.78, 5) is 22.4. The van der Waals surface area contributed by atoms with Gasteiger partial charge in [0.05, 0.1) is 29.2 Å². The summed E-state index contributed by atoms with van der Waals surface area (Å²) >= 11 is 1.48.